The van der Waals surface area contributed by atoms with Crippen LogP contribution >= 0.6 is 0 Å². The van der Waals surface area contributed by atoms with Gasteiger partial charge in [0.15, 0.2) is 5.82 Å². The predicted molar refractivity (Wildman–Crippen MR) is 111 cm³/mol. The number of hydrogen-bond donors (Lipinski definition) is 1. The number of methoxy groups -OCH3 is 1. The van der Waals surface area contributed by atoms with Crippen molar-refractivity contribution in [3.63, 3.8) is 0 Å². The van der Waals surface area contributed by atoms with Gasteiger partial charge in [0.25, 0.3) is 11.6 Å². The molecule has 0 radical (unpaired) electrons. The van der Waals surface area contributed by atoms with Crippen molar-refractivity contribution in [1.29, 1.82) is 0 Å². The zero-order chi connectivity index (χ0) is 22.9. The molecule has 10 nitrogen and oxygen atoms in total. The Balaban J connectivity index is 2.21. The summed E-state index contributed by atoms with van der Waals surface area (Å²) in [6.07, 6.45) is -0.911. The largest absolute Gasteiger partial charge is 0.513 e. The highest BCUT2D eigenvalue weighted by Gasteiger charge is 2.37. The molecular weight excluding hydrogens is 404 g/mol. The fraction of sp³-hybridized carbons (Fsp3) is 0.381. The molecule has 0 fully saturated rings. The SMILES string of the molecule is COC(=O)OC1=C(C)NC(C)=C(c2nc(C(C)(C)C)no2)C1c1cccc([N+](=O)[O-])c1. The second kappa shape index (κ2) is 8.21. The number of benzene rings is 1. The number of hydrogen-bond acceptors (Lipinski definition) is 9. The van der Waals surface area contributed by atoms with Gasteiger partial charge in [-0.25, -0.2) is 4.79 Å². The van der Waals surface area contributed by atoms with Gasteiger partial charge in [0, 0.05) is 23.2 Å². The van der Waals surface area contributed by atoms with E-state index in [0.717, 1.165) is 0 Å². The summed E-state index contributed by atoms with van der Waals surface area (Å²) in [5.74, 6) is 0.240. The van der Waals surface area contributed by atoms with Crippen molar-refractivity contribution in [2.24, 2.45) is 0 Å². The summed E-state index contributed by atoms with van der Waals surface area (Å²) >= 11 is 0. The standard InChI is InChI=1S/C21H24N4O6/c1-11-15(18-23-19(24-31-18)21(3,4)5)16(13-8-7-9-14(10-13)25(27)28)17(12(2)22-11)30-20(26)29-6/h7-10,16,22H,1-6H3. The molecule has 0 saturated carbocycles. The summed E-state index contributed by atoms with van der Waals surface area (Å²) in [5, 5.41) is 18.6. The fourth-order valence-electron chi connectivity index (χ4n) is 3.30. The van der Waals surface area contributed by atoms with E-state index in [0.29, 0.717) is 28.4 Å². The number of rotatable bonds is 4. The predicted octanol–water partition coefficient (Wildman–Crippen LogP) is 4.41. The number of carbonyl (C=O) groups is 1. The summed E-state index contributed by atoms with van der Waals surface area (Å²) in [5.41, 5.74) is 1.88. The van der Waals surface area contributed by atoms with Gasteiger partial charge in [-0.2, -0.15) is 4.98 Å². The number of dihydropyridines is 1. The third-order valence-corrected chi connectivity index (χ3v) is 4.80. The van der Waals surface area contributed by atoms with Crippen molar-refractivity contribution in [2.45, 2.75) is 46.0 Å². The van der Waals surface area contributed by atoms with E-state index in [-0.39, 0.29) is 22.8 Å². The van der Waals surface area contributed by atoms with Crippen molar-refractivity contribution in [1.82, 2.24) is 15.5 Å². The van der Waals surface area contributed by atoms with E-state index >= 15 is 0 Å². The highest BCUT2D eigenvalue weighted by atomic mass is 16.7. The number of nitro groups is 1. The topological polar surface area (TPSA) is 130 Å². The quantitative estimate of drug-likeness (QED) is 0.427. The Morgan fingerprint density at radius 1 is 1.26 bits per heavy atom. The molecule has 0 bridgehead atoms. The highest BCUT2D eigenvalue weighted by molar-refractivity contribution is 5.76. The van der Waals surface area contributed by atoms with Crippen LogP contribution in [0.3, 0.4) is 0 Å². The molecule has 1 aliphatic rings. The molecule has 1 unspecified atom stereocenters. The first-order chi connectivity index (χ1) is 14.5. The molecule has 0 spiro atoms. The Bertz CT molecular complexity index is 1090. The lowest BCUT2D eigenvalue weighted by atomic mass is 9.84. The van der Waals surface area contributed by atoms with Crippen molar-refractivity contribution < 1.29 is 23.7 Å². The lowest BCUT2D eigenvalue weighted by molar-refractivity contribution is -0.384. The van der Waals surface area contributed by atoms with E-state index in [1.807, 2.05) is 27.7 Å². The number of nitrogens with one attached hydrogen (secondary N) is 1. The molecule has 0 amide bonds. The van der Waals surface area contributed by atoms with E-state index < -0.39 is 17.0 Å². The molecule has 10 heteroatoms. The maximum atomic E-state index is 12.0. The van der Waals surface area contributed by atoms with Crippen molar-refractivity contribution in [3.05, 3.63) is 68.8 Å². The first-order valence-corrected chi connectivity index (χ1v) is 9.56. The third kappa shape index (κ3) is 4.42. The zero-order valence-corrected chi connectivity index (χ0v) is 18.2. The van der Waals surface area contributed by atoms with E-state index in [1.165, 1.54) is 19.2 Å². The Morgan fingerprint density at radius 2 is 1.97 bits per heavy atom. The van der Waals surface area contributed by atoms with Gasteiger partial charge in [-0.15, -0.1) is 0 Å². The van der Waals surface area contributed by atoms with Gasteiger partial charge < -0.3 is 19.3 Å². The summed E-state index contributed by atoms with van der Waals surface area (Å²) in [4.78, 5) is 27.4. The van der Waals surface area contributed by atoms with Gasteiger partial charge in [-0.3, -0.25) is 10.1 Å². The molecule has 0 saturated heterocycles. The molecule has 1 N–H and O–H groups in total. The monoisotopic (exact) mass is 428 g/mol. The fourth-order valence-corrected chi connectivity index (χ4v) is 3.30. The van der Waals surface area contributed by atoms with E-state index in [2.05, 4.69) is 20.2 Å². The minimum atomic E-state index is -0.911. The normalized spacial score (nSPS) is 16.8. The number of carbonyl (C=O) groups excluding carboxylic acids is 1. The average Bonchev–Trinajstić information content (AvgIpc) is 3.19. The Morgan fingerprint density at radius 3 is 2.55 bits per heavy atom. The minimum absolute atomic E-state index is 0.0935. The van der Waals surface area contributed by atoms with Gasteiger partial charge in [-0.05, 0) is 19.4 Å². The molecule has 1 aromatic heterocycles. The molecule has 3 rings (SSSR count). The van der Waals surface area contributed by atoms with Crippen LogP contribution < -0.4 is 5.32 Å². The van der Waals surface area contributed by atoms with Crippen molar-refractivity contribution in [3.8, 4) is 0 Å². The van der Waals surface area contributed by atoms with Crippen LogP contribution in [0.4, 0.5) is 10.5 Å². The van der Waals surface area contributed by atoms with Crippen molar-refractivity contribution in [2.75, 3.05) is 7.11 Å². The van der Waals surface area contributed by atoms with Crippen LogP contribution in [0.5, 0.6) is 0 Å². The van der Waals surface area contributed by atoms with Crippen LogP contribution in [-0.2, 0) is 14.9 Å². The average molecular weight is 428 g/mol. The number of nitro benzene ring substituents is 1. The number of non-ortho nitro benzene ring substituents is 1. The second-order valence-corrected chi connectivity index (χ2v) is 8.17. The van der Waals surface area contributed by atoms with Gasteiger partial charge in [-0.1, -0.05) is 38.1 Å². The van der Waals surface area contributed by atoms with Crippen LogP contribution in [0.25, 0.3) is 5.57 Å². The Labute approximate surface area is 179 Å². The van der Waals surface area contributed by atoms with E-state index in [4.69, 9.17) is 9.26 Å². The van der Waals surface area contributed by atoms with Crippen LogP contribution in [-0.4, -0.2) is 28.3 Å². The smallest absolute Gasteiger partial charge is 0.437 e. The number of nitrogens with zero attached hydrogens (tertiary/aromatic N) is 3. The van der Waals surface area contributed by atoms with Crippen LogP contribution in [0.1, 0.15) is 57.8 Å². The number of allylic oxidation sites excluding steroid dienone is 3. The first-order valence-electron chi connectivity index (χ1n) is 9.56. The molecule has 31 heavy (non-hydrogen) atoms. The van der Waals surface area contributed by atoms with Gasteiger partial charge >= 0.3 is 6.16 Å². The summed E-state index contributed by atoms with van der Waals surface area (Å²) in [7, 11) is 1.20. The molecule has 2 heterocycles. The minimum Gasteiger partial charge on any atom is -0.437 e. The van der Waals surface area contributed by atoms with Gasteiger partial charge in [0.05, 0.1) is 29.2 Å². The zero-order valence-electron chi connectivity index (χ0n) is 18.2. The second-order valence-electron chi connectivity index (χ2n) is 8.17. The molecular formula is C21H24N4O6. The molecule has 0 aliphatic carbocycles. The Hall–Kier alpha value is -3.69. The highest BCUT2D eigenvalue weighted by Crippen LogP contribution is 2.44. The lowest BCUT2D eigenvalue weighted by Gasteiger charge is -2.29. The summed E-state index contributed by atoms with van der Waals surface area (Å²) in [6, 6.07) is 6.11. The van der Waals surface area contributed by atoms with Gasteiger partial charge in [0.1, 0.15) is 5.76 Å². The molecule has 1 aliphatic heterocycles. The van der Waals surface area contributed by atoms with Gasteiger partial charge in [0.2, 0.25) is 0 Å². The number of aromatic nitrogens is 2. The van der Waals surface area contributed by atoms with Crippen LogP contribution in [0.15, 0.2) is 45.9 Å². The summed E-state index contributed by atoms with van der Waals surface area (Å²) in [6.45, 7) is 9.41. The maximum absolute atomic E-state index is 12.0. The molecule has 2 aromatic rings. The van der Waals surface area contributed by atoms with Crippen molar-refractivity contribution >= 4 is 17.4 Å². The number of ether oxygens (including phenoxy) is 2. The van der Waals surface area contributed by atoms with Crippen LogP contribution in [0.2, 0.25) is 0 Å². The third-order valence-electron chi connectivity index (χ3n) is 4.80. The molecule has 1 aromatic carbocycles. The van der Waals surface area contributed by atoms with E-state index in [1.54, 1.807) is 19.1 Å². The molecule has 164 valence electrons. The molecule has 1 atom stereocenters. The van der Waals surface area contributed by atoms with E-state index in [9.17, 15) is 14.9 Å². The Kier molecular flexibility index (Phi) is 5.83. The lowest BCUT2D eigenvalue weighted by Crippen LogP contribution is -2.26. The maximum Gasteiger partial charge on any atom is 0.513 e. The first kappa shape index (κ1) is 22.0. The summed E-state index contributed by atoms with van der Waals surface area (Å²) < 4.78 is 15.7. The van der Waals surface area contributed by atoms with Crippen LogP contribution in [0, 0.1) is 10.1 Å².